The van der Waals surface area contributed by atoms with Gasteiger partial charge in [0.05, 0.1) is 0 Å². The highest BCUT2D eigenvalue weighted by Crippen LogP contribution is 2.42. The second kappa shape index (κ2) is 6.06. The summed E-state index contributed by atoms with van der Waals surface area (Å²) in [5, 5.41) is 12.4. The maximum absolute atomic E-state index is 14.0. The van der Waals surface area contributed by atoms with Gasteiger partial charge in [-0.3, -0.25) is 9.59 Å². The minimum absolute atomic E-state index is 0.00340. The van der Waals surface area contributed by atoms with Crippen LogP contribution in [0.2, 0.25) is 0 Å². The van der Waals surface area contributed by atoms with Crippen LogP contribution < -0.4 is 10.9 Å². The third-order valence-corrected chi connectivity index (χ3v) is 7.47. The normalized spacial score (nSPS) is 12.4. The standard InChI is InChI=1S/C32H16O2/c33-31-26-16-20-10-4-2-8-18(20)14-24(26)28-29(31)22-12-6-5-11-21(22)27-23-13-17-7-1-3-9-19(17)15-25(23)32(34)30(27)28/h1-16H. The van der Waals surface area contributed by atoms with Gasteiger partial charge >= 0.3 is 0 Å². The minimum atomic E-state index is 0.00340. The van der Waals surface area contributed by atoms with E-state index < -0.39 is 0 Å². The lowest BCUT2D eigenvalue weighted by molar-refractivity contribution is 1.79. The SMILES string of the molecule is O=c1c2cc3ccccc3cc2c2c1c1ccccc1c1c3cc4ccccc4cc3c(=O)c12. The molecule has 34 heavy (non-hydrogen) atoms. The second-order valence-electron chi connectivity index (χ2n) is 9.19. The lowest BCUT2D eigenvalue weighted by Crippen LogP contribution is -1.97. The number of hydrogen-bond acceptors (Lipinski definition) is 2. The molecular weight excluding hydrogens is 416 g/mol. The van der Waals surface area contributed by atoms with Gasteiger partial charge in [-0.1, -0.05) is 72.8 Å². The zero-order chi connectivity index (χ0) is 22.6. The van der Waals surface area contributed by atoms with E-state index in [1.165, 1.54) is 0 Å². The first-order valence-electron chi connectivity index (χ1n) is 11.4. The first kappa shape index (κ1) is 17.9. The Morgan fingerprint density at radius 1 is 0.324 bits per heavy atom. The highest BCUT2D eigenvalue weighted by atomic mass is 16.1. The summed E-state index contributed by atoms with van der Waals surface area (Å²) in [4.78, 5) is 27.8. The minimum Gasteiger partial charge on any atom is -0.289 e. The van der Waals surface area contributed by atoms with Crippen molar-refractivity contribution in [3.05, 3.63) is 118 Å². The van der Waals surface area contributed by atoms with Gasteiger partial charge in [-0.2, -0.15) is 0 Å². The van der Waals surface area contributed by atoms with E-state index in [1.807, 2.05) is 72.8 Å². The van der Waals surface area contributed by atoms with Gasteiger partial charge in [0, 0.05) is 32.3 Å². The Morgan fingerprint density at radius 2 is 0.706 bits per heavy atom. The van der Waals surface area contributed by atoms with Crippen LogP contribution in [0.4, 0.5) is 0 Å². The van der Waals surface area contributed by atoms with Gasteiger partial charge in [0.1, 0.15) is 0 Å². The Hall–Kier alpha value is -4.56. The van der Waals surface area contributed by atoms with E-state index in [-0.39, 0.29) is 10.9 Å². The molecule has 0 radical (unpaired) electrons. The van der Waals surface area contributed by atoms with Gasteiger partial charge in [-0.25, -0.2) is 0 Å². The number of hydrogen-bond donors (Lipinski definition) is 0. The summed E-state index contributed by atoms with van der Waals surface area (Å²) in [6.45, 7) is 0. The molecular formula is C32H16O2. The fourth-order valence-corrected chi connectivity index (χ4v) is 5.99. The molecule has 0 N–H and O–H groups in total. The molecule has 0 aromatic heterocycles. The molecule has 0 atom stereocenters. The van der Waals surface area contributed by atoms with Crippen molar-refractivity contribution in [1.29, 1.82) is 0 Å². The molecule has 2 nitrogen and oxygen atoms in total. The van der Waals surface area contributed by atoms with E-state index in [2.05, 4.69) is 24.3 Å². The molecule has 0 spiro atoms. The lowest BCUT2D eigenvalue weighted by atomic mass is 9.97. The van der Waals surface area contributed by atoms with Crippen molar-refractivity contribution in [3.8, 4) is 0 Å². The van der Waals surface area contributed by atoms with Gasteiger partial charge in [0.15, 0.2) is 10.9 Å². The Morgan fingerprint density at radius 3 is 1.24 bits per heavy atom. The Balaban J connectivity index is 1.77. The predicted molar refractivity (Wildman–Crippen MR) is 144 cm³/mol. The van der Waals surface area contributed by atoms with Crippen LogP contribution in [0.5, 0.6) is 0 Å². The average molecular weight is 432 g/mol. The molecule has 0 aliphatic carbocycles. The van der Waals surface area contributed by atoms with Crippen LogP contribution in [0, 0.1) is 0 Å². The first-order chi connectivity index (χ1) is 16.7. The monoisotopic (exact) mass is 432 g/mol. The van der Waals surface area contributed by atoms with Crippen molar-refractivity contribution < 1.29 is 0 Å². The van der Waals surface area contributed by atoms with Crippen LogP contribution in [0.3, 0.4) is 0 Å². The summed E-state index contributed by atoms with van der Waals surface area (Å²) in [7, 11) is 0. The van der Waals surface area contributed by atoms with Crippen molar-refractivity contribution >= 4 is 75.4 Å². The molecule has 0 amide bonds. The summed E-state index contributed by atoms with van der Waals surface area (Å²) >= 11 is 0. The van der Waals surface area contributed by atoms with Gasteiger partial charge in [0.2, 0.25) is 0 Å². The van der Waals surface area contributed by atoms with E-state index in [9.17, 15) is 9.59 Å². The molecule has 0 saturated heterocycles. The topological polar surface area (TPSA) is 34.1 Å². The van der Waals surface area contributed by atoms with E-state index in [0.717, 1.165) is 53.9 Å². The Bertz CT molecular complexity index is 2260. The first-order valence-corrected chi connectivity index (χ1v) is 11.4. The van der Waals surface area contributed by atoms with E-state index >= 15 is 0 Å². The maximum atomic E-state index is 14.0. The highest BCUT2D eigenvalue weighted by Gasteiger charge is 2.23. The molecule has 8 rings (SSSR count). The fourth-order valence-electron chi connectivity index (χ4n) is 5.99. The molecule has 0 heterocycles. The Labute approximate surface area is 193 Å². The van der Waals surface area contributed by atoms with Crippen molar-refractivity contribution in [1.82, 2.24) is 0 Å². The highest BCUT2D eigenvalue weighted by molar-refractivity contribution is 6.39. The van der Waals surface area contributed by atoms with Crippen LogP contribution in [0.15, 0.2) is 107 Å². The molecule has 0 saturated carbocycles. The number of rotatable bonds is 0. The summed E-state index contributed by atoms with van der Waals surface area (Å²) in [6, 6.07) is 32.4. The maximum Gasteiger partial charge on any atom is 0.194 e. The summed E-state index contributed by atoms with van der Waals surface area (Å²) in [5.74, 6) is 0. The molecule has 2 heteroatoms. The van der Waals surface area contributed by atoms with E-state index in [4.69, 9.17) is 0 Å². The molecule has 0 unspecified atom stereocenters. The lowest BCUT2D eigenvalue weighted by Gasteiger charge is -2.05. The van der Waals surface area contributed by atoms with Crippen molar-refractivity contribution in [2.75, 3.05) is 0 Å². The quantitative estimate of drug-likeness (QED) is 0.251. The van der Waals surface area contributed by atoms with Crippen LogP contribution in [-0.2, 0) is 0 Å². The fraction of sp³-hybridized carbons (Fsp3) is 0. The molecule has 0 fully saturated rings. The van der Waals surface area contributed by atoms with Crippen LogP contribution >= 0.6 is 0 Å². The third kappa shape index (κ3) is 2.06. The van der Waals surface area contributed by atoms with Crippen molar-refractivity contribution in [2.24, 2.45) is 0 Å². The van der Waals surface area contributed by atoms with E-state index in [0.29, 0.717) is 21.5 Å². The average Bonchev–Trinajstić information content (AvgIpc) is 3.32. The smallest absolute Gasteiger partial charge is 0.194 e. The van der Waals surface area contributed by atoms with Crippen LogP contribution in [0.1, 0.15) is 0 Å². The summed E-state index contributed by atoms with van der Waals surface area (Å²) in [6.07, 6.45) is 0. The predicted octanol–water partition coefficient (Wildman–Crippen LogP) is 7.36. The number of benzene rings is 6. The molecule has 8 aromatic rings. The van der Waals surface area contributed by atoms with Gasteiger partial charge in [-0.15, -0.1) is 0 Å². The third-order valence-electron chi connectivity index (χ3n) is 7.47. The van der Waals surface area contributed by atoms with Crippen LogP contribution in [-0.4, -0.2) is 0 Å². The summed E-state index contributed by atoms with van der Waals surface area (Å²) < 4.78 is 0. The van der Waals surface area contributed by atoms with Crippen molar-refractivity contribution in [3.63, 3.8) is 0 Å². The second-order valence-corrected chi connectivity index (χ2v) is 9.19. The zero-order valence-electron chi connectivity index (χ0n) is 18.1. The molecule has 0 aliphatic heterocycles. The van der Waals surface area contributed by atoms with Crippen LogP contribution in [0.25, 0.3) is 75.4 Å². The van der Waals surface area contributed by atoms with Gasteiger partial charge < -0.3 is 0 Å². The van der Waals surface area contributed by atoms with Gasteiger partial charge in [0.25, 0.3) is 0 Å². The summed E-state index contributed by atoms with van der Waals surface area (Å²) in [5.41, 5.74) is 0.00948. The zero-order valence-corrected chi connectivity index (χ0v) is 18.1. The van der Waals surface area contributed by atoms with Gasteiger partial charge in [-0.05, 0) is 67.4 Å². The molecule has 156 valence electrons. The Kier molecular flexibility index (Phi) is 3.20. The van der Waals surface area contributed by atoms with Crippen molar-refractivity contribution in [2.45, 2.75) is 0 Å². The number of fused-ring (bicyclic) bond motifs is 12. The largest absolute Gasteiger partial charge is 0.289 e. The van der Waals surface area contributed by atoms with E-state index in [1.54, 1.807) is 0 Å². The molecule has 8 aromatic carbocycles. The molecule has 0 aliphatic rings. The molecule has 0 bridgehead atoms.